The molecular formula is C23H27N3O3. The maximum Gasteiger partial charge on any atom is 0.243 e. The fourth-order valence-electron chi connectivity index (χ4n) is 2.80. The minimum absolute atomic E-state index is 0.0459. The van der Waals surface area contributed by atoms with Crippen LogP contribution in [-0.2, 0) is 9.59 Å². The van der Waals surface area contributed by atoms with Gasteiger partial charge in [0.05, 0.1) is 12.2 Å². The Bertz CT molecular complexity index is 919. The van der Waals surface area contributed by atoms with Crippen LogP contribution in [0.25, 0.3) is 0 Å². The van der Waals surface area contributed by atoms with Gasteiger partial charge in [-0.2, -0.15) is 0 Å². The Kier molecular flexibility index (Phi) is 6.54. The van der Waals surface area contributed by atoms with Gasteiger partial charge in [0, 0.05) is 17.3 Å². The highest BCUT2D eigenvalue weighted by Crippen LogP contribution is 2.31. The zero-order chi connectivity index (χ0) is 20.8. The average molecular weight is 393 g/mol. The standard InChI is InChI=1S/C23H27N3O3/c1-15(2)14-29-21-10-5-4-7-20(21)24-13-22(27)25-18-8-6-9-19(16(18)3)26-23(28)17-11-12-17/h4-10,17,24H,1,11-14H2,2-3H3,(H,25,27)(H,26,28). The van der Waals surface area contributed by atoms with Crippen LogP contribution in [0.3, 0.4) is 0 Å². The van der Waals surface area contributed by atoms with E-state index in [0.717, 1.165) is 35.4 Å². The highest BCUT2D eigenvalue weighted by Gasteiger charge is 2.29. The summed E-state index contributed by atoms with van der Waals surface area (Å²) in [6, 6.07) is 13.0. The minimum atomic E-state index is -0.187. The Morgan fingerprint density at radius 3 is 2.38 bits per heavy atom. The van der Waals surface area contributed by atoms with Crippen molar-refractivity contribution in [2.45, 2.75) is 26.7 Å². The van der Waals surface area contributed by atoms with Crippen molar-refractivity contribution in [3.8, 4) is 5.75 Å². The van der Waals surface area contributed by atoms with Crippen molar-refractivity contribution in [1.29, 1.82) is 0 Å². The van der Waals surface area contributed by atoms with Crippen LogP contribution in [0.5, 0.6) is 5.75 Å². The van der Waals surface area contributed by atoms with Gasteiger partial charge in [-0.1, -0.05) is 24.8 Å². The summed E-state index contributed by atoms with van der Waals surface area (Å²) in [7, 11) is 0. The Morgan fingerprint density at radius 1 is 1.03 bits per heavy atom. The van der Waals surface area contributed by atoms with Gasteiger partial charge in [0.2, 0.25) is 11.8 Å². The smallest absolute Gasteiger partial charge is 0.243 e. The number of carbonyl (C=O) groups is 2. The van der Waals surface area contributed by atoms with Crippen molar-refractivity contribution in [3.05, 3.63) is 60.2 Å². The van der Waals surface area contributed by atoms with Gasteiger partial charge < -0.3 is 20.7 Å². The summed E-state index contributed by atoms with van der Waals surface area (Å²) in [6.07, 6.45) is 1.90. The Balaban J connectivity index is 1.59. The molecule has 0 aliphatic heterocycles. The van der Waals surface area contributed by atoms with Gasteiger partial charge in [-0.05, 0) is 62.1 Å². The molecule has 0 atom stereocenters. The van der Waals surface area contributed by atoms with Crippen molar-refractivity contribution >= 4 is 28.9 Å². The highest BCUT2D eigenvalue weighted by molar-refractivity contribution is 5.98. The molecule has 2 aromatic rings. The first-order valence-electron chi connectivity index (χ1n) is 9.74. The van der Waals surface area contributed by atoms with Crippen LogP contribution in [0.2, 0.25) is 0 Å². The lowest BCUT2D eigenvalue weighted by atomic mass is 10.1. The van der Waals surface area contributed by atoms with Crippen LogP contribution >= 0.6 is 0 Å². The normalized spacial score (nSPS) is 12.8. The number of ether oxygens (including phenoxy) is 1. The maximum atomic E-state index is 12.5. The van der Waals surface area contributed by atoms with E-state index in [1.165, 1.54) is 0 Å². The minimum Gasteiger partial charge on any atom is -0.487 e. The summed E-state index contributed by atoms with van der Waals surface area (Å²) >= 11 is 0. The molecular weight excluding hydrogens is 366 g/mol. The maximum absolute atomic E-state index is 12.5. The molecule has 6 heteroatoms. The number of para-hydroxylation sites is 2. The SMILES string of the molecule is C=C(C)COc1ccccc1NCC(=O)Nc1cccc(NC(=O)C2CC2)c1C. The van der Waals surface area contributed by atoms with Crippen LogP contribution in [-0.4, -0.2) is 25.0 Å². The van der Waals surface area contributed by atoms with E-state index in [2.05, 4.69) is 22.5 Å². The van der Waals surface area contributed by atoms with Crippen LogP contribution in [0.15, 0.2) is 54.6 Å². The molecule has 0 aromatic heterocycles. The fraction of sp³-hybridized carbons (Fsp3) is 0.304. The number of rotatable bonds is 9. The lowest BCUT2D eigenvalue weighted by Crippen LogP contribution is -2.23. The first-order chi connectivity index (χ1) is 13.9. The Labute approximate surface area is 171 Å². The molecule has 0 spiro atoms. The molecule has 2 aromatic carbocycles. The van der Waals surface area contributed by atoms with Gasteiger partial charge in [0.1, 0.15) is 12.4 Å². The molecule has 2 amide bonds. The molecule has 0 saturated heterocycles. The monoisotopic (exact) mass is 393 g/mol. The molecule has 152 valence electrons. The average Bonchev–Trinajstić information content (AvgIpc) is 3.54. The summed E-state index contributed by atoms with van der Waals surface area (Å²) in [5.41, 5.74) is 3.90. The zero-order valence-corrected chi connectivity index (χ0v) is 16.9. The van der Waals surface area contributed by atoms with E-state index >= 15 is 0 Å². The van der Waals surface area contributed by atoms with Crippen molar-refractivity contribution in [2.75, 3.05) is 29.1 Å². The molecule has 3 rings (SSSR count). The van der Waals surface area contributed by atoms with Crippen molar-refractivity contribution in [2.24, 2.45) is 5.92 Å². The molecule has 3 N–H and O–H groups in total. The number of nitrogens with one attached hydrogen (secondary N) is 3. The molecule has 1 aliphatic carbocycles. The van der Waals surface area contributed by atoms with Crippen molar-refractivity contribution in [1.82, 2.24) is 0 Å². The quantitative estimate of drug-likeness (QED) is 0.554. The van der Waals surface area contributed by atoms with E-state index in [1.807, 2.05) is 56.3 Å². The summed E-state index contributed by atoms with van der Waals surface area (Å²) < 4.78 is 5.71. The van der Waals surface area contributed by atoms with Crippen molar-refractivity contribution < 1.29 is 14.3 Å². The van der Waals surface area contributed by atoms with Crippen LogP contribution in [0, 0.1) is 12.8 Å². The zero-order valence-electron chi connectivity index (χ0n) is 16.9. The molecule has 1 saturated carbocycles. The van der Waals surface area contributed by atoms with Crippen LogP contribution in [0.1, 0.15) is 25.3 Å². The molecule has 1 aliphatic rings. The van der Waals surface area contributed by atoms with Gasteiger partial charge in [0.15, 0.2) is 0 Å². The van der Waals surface area contributed by atoms with E-state index in [9.17, 15) is 9.59 Å². The Morgan fingerprint density at radius 2 is 1.69 bits per heavy atom. The lowest BCUT2D eigenvalue weighted by Gasteiger charge is -2.15. The number of hydrogen-bond acceptors (Lipinski definition) is 4. The van der Waals surface area contributed by atoms with Crippen molar-refractivity contribution in [3.63, 3.8) is 0 Å². The summed E-state index contributed by atoms with van der Waals surface area (Å²) in [4.78, 5) is 24.5. The molecule has 0 bridgehead atoms. The third kappa shape index (κ3) is 5.85. The largest absolute Gasteiger partial charge is 0.487 e. The molecule has 29 heavy (non-hydrogen) atoms. The number of benzene rings is 2. The van der Waals surface area contributed by atoms with Gasteiger partial charge in [-0.25, -0.2) is 0 Å². The second-order valence-electron chi connectivity index (χ2n) is 7.39. The van der Waals surface area contributed by atoms with E-state index in [1.54, 1.807) is 0 Å². The van der Waals surface area contributed by atoms with Crippen LogP contribution in [0.4, 0.5) is 17.1 Å². The first-order valence-corrected chi connectivity index (χ1v) is 9.74. The van der Waals surface area contributed by atoms with Crippen LogP contribution < -0.4 is 20.7 Å². The molecule has 1 fully saturated rings. The number of hydrogen-bond donors (Lipinski definition) is 3. The van der Waals surface area contributed by atoms with Gasteiger partial charge in [-0.15, -0.1) is 0 Å². The summed E-state index contributed by atoms with van der Waals surface area (Å²) in [5.74, 6) is 0.659. The van der Waals surface area contributed by atoms with E-state index in [4.69, 9.17) is 4.74 Å². The van der Waals surface area contributed by atoms with E-state index < -0.39 is 0 Å². The predicted molar refractivity (Wildman–Crippen MR) is 116 cm³/mol. The topological polar surface area (TPSA) is 79.5 Å². The first kappa shape index (κ1) is 20.5. The molecule has 6 nitrogen and oxygen atoms in total. The number of anilines is 3. The summed E-state index contributed by atoms with van der Waals surface area (Å²) in [6.45, 7) is 8.12. The second-order valence-corrected chi connectivity index (χ2v) is 7.39. The molecule has 0 radical (unpaired) electrons. The van der Waals surface area contributed by atoms with E-state index in [-0.39, 0.29) is 24.3 Å². The molecule has 0 unspecified atom stereocenters. The lowest BCUT2D eigenvalue weighted by molar-refractivity contribution is -0.117. The molecule has 0 heterocycles. The third-order valence-corrected chi connectivity index (χ3v) is 4.61. The van der Waals surface area contributed by atoms with E-state index in [0.29, 0.717) is 18.0 Å². The highest BCUT2D eigenvalue weighted by atomic mass is 16.5. The summed E-state index contributed by atoms with van der Waals surface area (Å²) in [5, 5.41) is 8.96. The predicted octanol–water partition coefficient (Wildman–Crippen LogP) is 4.35. The third-order valence-electron chi connectivity index (χ3n) is 4.61. The fourth-order valence-corrected chi connectivity index (χ4v) is 2.80. The van der Waals surface area contributed by atoms with Gasteiger partial charge in [-0.3, -0.25) is 9.59 Å². The number of carbonyl (C=O) groups excluding carboxylic acids is 2. The number of amides is 2. The Hall–Kier alpha value is -3.28. The second kappa shape index (κ2) is 9.28. The van der Waals surface area contributed by atoms with Gasteiger partial charge in [0.25, 0.3) is 0 Å². The van der Waals surface area contributed by atoms with Gasteiger partial charge >= 0.3 is 0 Å².